The van der Waals surface area contributed by atoms with Crippen LogP contribution >= 0.6 is 0 Å². The maximum atomic E-state index is 14.1. The van der Waals surface area contributed by atoms with Gasteiger partial charge in [-0.2, -0.15) is 0 Å². The van der Waals surface area contributed by atoms with Crippen molar-refractivity contribution in [1.82, 2.24) is 4.90 Å². The third-order valence-corrected chi connectivity index (χ3v) is 10.1. The summed E-state index contributed by atoms with van der Waals surface area (Å²) in [5.41, 5.74) is 5.25. The molecule has 3 aliphatic heterocycles. The Morgan fingerprint density at radius 1 is 0.875 bits per heavy atom. The summed E-state index contributed by atoms with van der Waals surface area (Å²) in [6.07, 6.45) is 5.33. The van der Waals surface area contributed by atoms with Crippen LogP contribution in [0.25, 0.3) is 0 Å². The number of aliphatic hydroxyl groups excluding tert-OH is 1. The van der Waals surface area contributed by atoms with Crippen molar-refractivity contribution in [2.75, 3.05) is 16.4 Å². The number of amides is 3. The lowest BCUT2D eigenvalue weighted by molar-refractivity contribution is -0.139. The minimum Gasteiger partial charge on any atom is -0.394 e. The second-order valence-corrected chi connectivity index (χ2v) is 13.0. The molecule has 0 aliphatic carbocycles. The molecule has 2 N–H and O–H groups in total. The summed E-state index contributed by atoms with van der Waals surface area (Å²) in [4.78, 5) is 45.3. The lowest BCUT2D eigenvalue weighted by atomic mass is 9.83. The van der Waals surface area contributed by atoms with Gasteiger partial charge in [-0.15, -0.1) is 0 Å². The third kappa shape index (κ3) is 5.51. The van der Waals surface area contributed by atoms with Gasteiger partial charge in [-0.1, -0.05) is 91.9 Å². The highest BCUT2D eigenvalue weighted by Crippen LogP contribution is 2.46. The number of hydrogen-bond acceptors (Lipinski definition) is 5. The van der Waals surface area contributed by atoms with Gasteiger partial charge in [0.15, 0.2) is 5.60 Å². The van der Waals surface area contributed by atoms with Crippen LogP contribution in [0.2, 0.25) is 0 Å². The number of rotatable bonds is 8. The number of aliphatic hydroxyl groups is 2. The Morgan fingerprint density at radius 3 is 2.29 bits per heavy atom. The van der Waals surface area contributed by atoms with Crippen LogP contribution in [-0.4, -0.2) is 45.5 Å². The van der Waals surface area contributed by atoms with Crippen LogP contribution in [0, 0.1) is 5.92 Å². The van der Waals surface area contributed by atoms with Gasteiger partial charge in [0.25, 0.3) is 5.91 Å². The molecule has 3 heterocycles. The van der Waals surface area contributed by atoms with E-state index in [1.807, 2.05) is 84.9 Å². The first kappa shape index (κ1) is 31.5. The van der Waals surface area contributed by atoms with E-state index in [1.54, 1.807) is 39.8 Å². The number of carbonyl (C=O) groups is 3. The van der Waals surface area contributed by atoms with Crippen LogP contribution in [0.15, 0.2) is 109 Å². The van der Waals surface area contributed by atoms with E-state index in [2.05, 4.69) is 6.07 Å². The summed E-state index contributed by atoms with van der Waals surface area (Å²) in [6.45, 7) is 2.36. The Bertz CT molecular complexity index is 1900. The monoisotopic (exact) mass is 641 g/mol. The van der Waals surface area contributed by atoms with Crippen LogP contribution in [0.5, 0.6) is 0 Å². The minimum atomic E-state index is -1.81. The molecular formula is C40H39N3O5. The predicted molar refractivity (Wildman–Crippen MR) is 184 cm³/mol. The molecule has 8 heteroatoms. The summed E-state index contributed by atoms with van der Waals surface area (Å²) in [5, 5.41) is 22.0. The van der Waals surface area contributed by atoms with Crippen molar-refractivity contribution in [3.63, 3.8) is 0 Å². The highest BCUT2D eigenvalue weighted by molar-refractivity contribution is 6.07. The molecule has 4 aromatic rings. The number of nitrogens with zero attached hydrogens (tertiary/aromatic N) is 3. The molecule has 0 aromatic heterocycles. The average Bonchev–Trinajstić information content (AvgIpc) is 3.33. The molecule has 0 saturated carbocycles. The zero-order chi connectivity index (χ0) is 33.4. The first-order valence-electron chi connectivity index (χ1n) is 16.6. The number of anilines is 3. The van der Waals surface area contributed by atoms with E-state index in [-0.39, 0.29) is 37.4 Å². The van der Waals surface area contributed by atoms with Gasteiger partial charge in [-0.05, 0) is 59.4 Å². The van der Waals surface area contributed by atoms with E-state index >= 15 is 0 Å². The molecule has 3 aliphatic rings. The van der Waals surface area contributed by atoms with E-state index in [1.165, 1.54) is 0 Å². The van der Waals surface area contributed by atoms with Crippen molar-refractivity contribution >= 4 is 34.8 Å². The predicted octanol–water partition coefficient (Wildman–Crippen LogP) is 5.56. The molecule has 8 nitrogen and oxygen atoms in total. The summed E-state index contributed by atoms with van der Waals surface area (Å²) in [5.74, 6) is -1.11. The summed E-state index contributed by atoms with van der Waals surface area (Å²) in [6, 6.07) is 30.5. The molecule has 3 amide bonds. The number of hydrogen-bond donors (Lipinski definition) is 2. The maximum Gasteiger partial charge on any atom is 0.264 e. The second kappa shape index (κ2) is 12.9. The van der Waals surface area contributed by atoms with Crippen molar-refractivity contribution in [3.8, 4) is 0 Å². The molecule has 48 heavy (non-hydrogen) atoms. The van der Waals surface area contributed by atoms with E-state index < -0.39 is 17.4 Å². The number of para-hydroxylation sites is 2. The van der Waals surface area contributed by atoms with Crippen LogP contribution in [-0.2, 0) is 45.9 Å². The van der Waals surface area contributed by atoms with Gasteiger partial charge in [0.05, 0.1) is 30.6 Å². The normalized spacial score (nSPS) is 20.9. The SMILES string of the molecule is C[C@@H](/C=C/CC(=O)N1Cc2ccccc2C[C@H]1CO)[C@]1(O)C(=O)N(Cc2ccc(N3C(=O)CCc4ccccc43)cc2)c2ccccc21. The van der Waals surface area contributed by atoms with Gasteiger partial charge >= 0.3 is 0 Å². The first-order valence-corrected chi connectivity index (χ1v) is 16.6. The van der Waals surface area contributed by atoms with Gasteiger partial charge in [-0.25, -0.2) is 0 Å². The Morgan fingerprint density at radius 2 is 1.54 bits per heavy atom. The zero-order valence-corrected chi connectivity index (χ0v) is 27.0. The number of benzene rings is 4. The maximum absolute atomic E-state index is 14.1. The number of aryl methyl sites for hydroxylation is 1. The summed E-state index contributed by atoms with van der Waals surface area (Å²) >= 11 is 0. The Balaban J connectivity index is 1.06. The van der Waals surface area contributed by atoms with Gasteiger partial charge < -0.3 is 20.0 Å². The molecular weight excluding hydrogens is 602 g/mol. The fourth-order valence-corrected chi connectivity index (χ4v) is 7.37. The molecule has 0 saturated heterocycles. The first-order chi connectivity index (χ1) is 23.3. The minimum absolute atomic E-state index is 0.0494. The van der Waals surface area contributed by atoms with Crippen molar-refractivity contribution in [3.05, 3.63) is 137 Å². The van der Waals surface area contributed by atoms with Crippen LogP contribution < -0.4 is 9.80 Å². The molecule has 3 atom stereocenters. The van der Waals surface area contributed by atoms with E-state index in [9.17, 15) is 24.6 Å². The van der Waals surface area contributed by atoms with Crippen LogP contribution in [0.3, 0.4) is 0 Å². The molecule has 0 bridgehead atoms. The van der Waals surface area contributed by atoms with Gasteiger partial charge in [0.1, 0.15) is 0 Å². The molecule has 4 aromatic carbocycles. The topological polar surface area (TPSA) is 101 Å². The Kier molecular flexibility index (Phi) is 8.45. The quantitative estimate of drug-likeness (QED) is 0.246. The van der Waals surface area contributed by atoms with E-state index in [4.69, 9.17) is 0 Å². The highest BCUT2D eigenvalue weighted by atomic mass is 16.3. The van der Waals surface area contributed by atoms with Crippen molar-refractivity contribution in [2.24, 2.45) is 5.92 Å². The Labute approximate surface area is 280 Å². The lowest BCUT2D eigenvalue weighted by Crippen LogP contribution is -2.46. The van der Waals surface area contributed by atoms with Gasteiger partial charge in [0, 0.05) is 36.6 Å². The van der Waals surface area contributed by atoms with Crippen molar-refractivity contribution in [2.45, 2.75) is 57.3 Å². The van der Waals surface area contributed by atoms with E-state index in [0.717, 1.165) is 40.0 Å². The van der Waals surface area contributed by atoms with E-state index in [0.29, 0.717) is 30.6 Å². The van der Waals surface area contributed by atoms with Gasteiger partial charge in [0.2, 0.25) is 11.8 Å². The largest absolute Gasteiger partial charge is 0.394 e. The Hall–Kier alpha value is -5.05. The smallest absolute Gasteiger partial charge is 0.264 e. The molecule has 7 rings (SSSR count). The molecule has 0 fully saturated rings. The third-order valence-electron chi connectivity index (χ3n) is 10.1. The molecule has 0 spiro atoms. The molecule has 244 valence electrons. The van der Waals surface area contributed by atoms with Crippen LogP contribution in [0.1, 0.15) is 47.6 Å². The summed E-state index contributed by atoms with van der Waals surface area (Å²) in [7, 11) is 0. The molecule has 0 unspecified atom stereocenters. The number of carbonyl (C=O) groups excluding carboxylic acids is 3. The van der Waals surface area contributed by atoms with Crippen LogP contribution in [0.4, 0.5) is 17.1 Å². The standard InChI is InChI=1S/C40H39N3O5/c1-27(9-8-16-37(45)41-25-31-12-3-2-11-30(31)23-33(41)26-44)40(48)34-13-5-7-15-36(34)42(39(40)47)24-28-17-20-32(21-18-28)43-35-14-6-4-10-29(35)19-22-38(43)46/h2-15,17-18,20-21,27,33,44,48H,16,19,22-26H2,1H3/b9-8+/t27-,33-,40+/m0/s1. The van der Waals surface area contributed by atoms with Crippen molar-refractivity contribution < 1.29 is 24.6 Å². The fraction of sp³-hybridized carbons (Fsp3) is 0.275. The highest BCUT2D eigenvalue weighted by Gasteiger charge is 2.52. The average molecular weight is 642 g/mol. The second-order valence-electron chi connectivity index (χ2n) is 13.0. The number of fused-ring (bicyclic) bond motifs is 3. The van der Waals surface area contributed by atoms with Gasteiger partial charge in [-0.3, -0.25) is 19.3 Å². The lowest BCUT2D eigenvalue weighted by Gasteiger charge is -2.36. The summed E-state index contributed by atoms with van der Waals surface area (Å²) < 4.78 is 0. The zero-order valence-electron chi connectivity index (χ0n) is 27.0. The van der Waals surface area contributed by atoms with Crippen molar-refractivity contribution in [1.29, 1.82) is 0 Å². The molecule has 0 radical (unpaired) electrons. The fourth-order valence-electron chi connectivity index (χ4n) is 7.37.